The fourth-order valence-corrected chi connectivity index (χ4v) is 1.35. The largest absolute Gasteiger partial charge is 0.384 e. The van der Waals surface area contributed by atoms with E-state index in [9.17, 15) is 4.79 Å². The van der Waals surface area contributed by atoms with Crippen molar-refractivity contribution in [2.45, 2.75) is 17.5 Å². The number of carbonyl (C=O) groups is 1. The Balaban J connectivity index is 2.77. The number of alkyl halides is 1. The summed E-state index contributed by atoms with van der Waals surface area (Å²) in [6.45, 7) is 2.49. The molecule has 0 aromatic heterocycles. The van der Waals surface area contributed by atoms with Crippen LogP contribution in [0.15, 0.2) is 23.4 Å². The van der Waals surface area contributed by atoms with Gasteiger partial charge in [-0.1, -0.05) is 0 Å². The molecule has 4 heteroatoms. The normalized spacial score (nSPS) is 20.7. The molecular formula is C9H12INO2. The lowest BCUT2D eigenvalue weighted by Crippen LogP contribution is -2.25. The maximum absolute atomic E-state index is 11.3. The molecule has 0 fully saturated rings. The van der Waals surface area contributed by atoms with Crippen LogP contribution in [0.25, 0.3) is 0 Å². The number of hydrogen-bond donors (Lipinski definition) is 2. The molecule has 0 saturated carbocycles. The van der Waals surface area contributed by atoms with E-state index in [0.29, 0.717) is 13.0 Å². The van der Waals surface area contributed by atoms with Crippen LogP contribution in [0.2, 0.25) is 0 Å². The number of rotatable bonds is 2. The topological polar surface area (TPSA) is 49.3 Å². The van der Waals surface area contributed by atoms with Crippen molar-refractivity contribution in [2.24, 2.45) is 0 Å². The fourth-order valence-electron chi connectivity index (χ4n) is 1.14. The number of nitrogens with one attached hydrogen (secondary N) is 1. The van der Waals surface area contributed by atoms with Crippen LogP contribution in [-0.2, 0) is 4.79 Å². The van der Waals surface area contributed by atoms with E-state index in [2.05, 4.69) is 5.32 Å². The van der Waals surface area contributed by atoms with Crippen molar-refractivity contribution in [3.63, 3.8) is 0 Å². The first-order chi connectivity index (χ1) is 6.11. The smallest absolute Gasteiger partial charge is 0.162 e. The van der Waals surface area contributed by atoms with Gasteiger partial charge in [0, 0.05) is 24.2 Å². The van der Waals surface area contributed by atoms with Crippen molar-refractivity contribution >= 4 is 28.4 Å². The summed E-state index contributed by atoms with van der Waals surface area (Å²) in [5.74, 6) is 0.182. The van der Waals surface area contributed by atoms with Crippen LogP contribution in [0.5, 0.6) is 0 Å². The van der Waals surface area contributed by atoms with Gasteiger partial charge in [0.05, 0.1) is 0 Å². The Hall–Kier alpha value is -0.360. The van der Waals surface area contributed by atoms with Crippen LogP contribution >= 0.6 is 22.6 Å². The van der Waals surface area contributed by atoms with Gasteiger partial charge in [0.15, 0.2) is 5.78 Å². The van der Waals surface area contributed by atoms with E-state index in [0.717, 1.165) is 11.3 Å². The summed E-state index contributed by atoms with van der Waals surface area (Å²) in [4.78, 5) is 11.3. The number of aliphatic hydroxyl groups is 1. The standard InChI is InChI=1S/C9H12INO2/c1-6-7(2-3-9(10)13)11-5-4-8(6)12/h2-3,9,11,13H,4-5H2,1H3/b3-2-. The van der Waals surface area contributed by atoms with Crippen LogP contribution in [0.4, 0.5) is 0 Å². The first-order valence-corrected chi connectivity index (χ1v) is 5.34. The van der Waals surface area contributed by atoms with Gasteiger partial charge in [-0.2, -0.15) is 0 Å². The van der Waals surface area contributed by atoms with Gasteiger partial charge in [0.2, 0.25) is 0 Å². The number of halogens is 1. The highest BCUT2D eigenvalue weighted by molar-refractivity contribution is 14.1. The molecule has 13 heavy (non-hydrogen) atoms. The molecule has 1 heterocycles. The Labute approximate surface area is 91.0 Å². The Bertz CT molecular complexity index is 269. The molecule has 1 rings (SSSR count). The third kappa shape index (κ3) is 3.11. The zero-order chi connectivity index (χ0) is 9.84. The molecule has 0 aromatic rings. The molecule has 3 nitrogen and oxygen atoms in total. The van der Waals surface area contributed by atoms with Crippen molar-refractivity contribution in [3.8, 4) is 0 Å². The minimum absolute atomic E-state index is 0.182. The first-order valence-electron chi connectivity index (χ1n) is 4.09. The van der Waals surface area contributed by atoms with Crippen LogP contribution in [0.3, 0.4) is 0 Å². The average molecular weight is 293 g/mol. The molecule has 1 aliphatic heterocycles. The summed E-state index contributed by atoms with van der Waals surface area (Å²) < 4.78 is -0.503. The summed E-state index contributed by atoms with van der Waals surface area (Å²) in [6.07, 6.45) is 3.96. The number of carbonyl (C=O) groups excluding carboxylic acids is 1. The molecule has 0 saturated heterocycles. The average Bonchev–Trinajstić information content (AvgIpc) is 2.07. The Morgan fingerprint density at radius 2 is 2.38 bits per heavy atom. The predicted octanol–water partition coefficient (Wildman–Crippen LogP) is 1.13. The van der Waals surface area contributed by atoms with Crippen LogP contribution in [0, 0.1) is 0 Å². The second-order valence-electron chi connectivity index (χ2n) is 2.87. The zero-order valence-electron chi connectivity index (χ0n) is 7.38. The molecule has 72 valence electrons. The molecule has 1 atom stereocenters. The second-order valence-corrected chi connectivity index (χ2v) is 4.15. The molecule has 0 aromatic carbocycles. The van der Waals surface area contributed by atoms with E-state index in [1.54, 1.807) is 19.1 Å². The van der Waals surface area contributed by atoms with Gasteiger partial charge in [0.25, 0.3) is 0 Å². The highest BCUT2D eigenvalue weighted by Gasteiger charge is 2.13. The fraction of sp³-hybridized carbons (Fsp3) is 0.444. The van der Waals surface area contributed by atoms with Crippen molar-refractivity contribution in [1.82, 2.24) is 5.32 Å². The lowest BCUT2D eigenvalue weighted by atomic mass is 10.0. The first kappa shape index (κ1) is 10.7. The summed E-state index contributed by atoms with van der Waals surface area (Å²) in [7, 11) is 0. The number of allylic oxidation sites excluding steroid dienone is 2. The molecule has 0 aliphatic carbocycles. The van der Waals surface area contributed by atoms with Crippen molar-refractivity contribution < 1.29 is 9.90 Å². The van der Waals surface area contributed by atoms with E-state index in [4.69, 9.17) is 5.11 Å². The maximum atomic E-state index is 11.3. The molecule has 2 N–H and O–H groups in total. The van der Waals surface area contributed by atoms with Gasteiger partial charge < -0.3 is 10.4 Å². The van der Waals surface area contributed by atoms with Gasteiger partial charge >= 0.3 is 0 Å². The van der Waals surface area contributed by atoms with Crippen LogP contribution in [0.1, 0.15) is 13.3 Å². The monoisotopic (exact) mass is 293 g/mol. The van der Waals surface area contributed by atoms with Gasteiger partial charge in [-0.15, -0.1) is 0 Å². The molecule has 0 bridgehead atoms. The highest BCUT2D eigenvalue weighted by atomic mass is 127. The Morgan fingerprint density at radius 1 is 1.69 bits per heavy atom. The summed E-state index contributed by atoms with van der Waals surface area (Å²) in [6, 6.07) is 0. The highest BCUT2D eigenvalue weighted by Crippen LogP contribution is 2.12. The minimum atomic E-state index is -0.503. The van der Waals surface area contributed by atoms with Crippen LogP contribution in [-0.4, -0.2) is 21.5 Å². The van der Waals surface area contributed by atoms with E-state index in [1.165, 1.54) is 0 Å². The van der Waals surface area contributed by atoms with E-state index >= 15 is 0 Å². The Kier molecular flexibility index (Phi) is 3.92. The summed E-state index contributed by atoms with van der Waals surface area (Å²) in [5.41, 5.74) is 1.58. The van der Waals surface area contributed by atoms with Gasteiger partial charge in [-0.25, -0.2) is 0 Å². The summed E-state index contributed by atoms with van der Waals surface area (Å²) >= 11 is 1.88. The number of aliphatic hydroxyl groups excluding tert-OH is 1. The third-order valence-corrected chi connectivity index (χ3v) is 2.33. The third-order valence-electron chi connectivity index (χ3n) is 1.91. The van der Waals surface area contributed by atoms with Gasteiger partial charge in [-0.05, 0) is 41.7 Å². The molecule has 1 aliphatic rings. The number of ketones is 1. The Morgan fingerprint density at radius 3 is 3.00 bits per heavy atom. The van der Waals surface area contributed by atoms with Crippen molar-refractivity contribution in [2.75, 3.05) is 6.54 Å². The molecule has 0 radical (unpaired) electrons. The quantitative estimate of drug-likeness (QED) is 0.593. The van der Waals surface area contributed by atoms with Crippen molar-refractivity contribution in [1.29, 1.82) is 0 Å². The molecule has 0 spiro atoms. The molecule has 0 amide bonds. The zero-order valence-corrected chi connectivity index (χ0v) is 9.54. The summed E-state index contributed by atoms with van der Waals surface area (Å²) in [5, 5.41) is 12.1. The van der Waals surface area contributed by atoms with E-state index < -0.39 is 4.11 Å². The van der Waals surface area contributed by atoms with E-state index in [1.807, 2.05) is 22.6 Å². The van der Waals surface area contributed by atoms with Crippen LogP contribution < -0.4 is 5.32 Å². The second kappa shape index (κ2) is 4.76. The molecular weight excluding hydrogens is 281 g/mol. The lowest BCUT2D eigenvalue weighted by molar-refractivity contribution is -0.115. The van der Waals surface area contributed by atoms with E-state index in [-0.39, 0.29) is 5.78 Å². The van der Waals surface area contributed by atoms with Gasteiger partial charge in [-0.3, -0.25) is 4.79 Å². The molecule has 1 unspecified atom stereocenters. The lowest BCUT2D eigenvalue weighted by Gasteiger charge is -2.16. The number of hydrogen-bond acceptors (Lipinski definition) is 3. The number of Topliss-reactive ketones (excluding diaryl/α,β-unsaturated/α-hetero) is 1. The minimum Gasteiger partial charge on any atom is -0.384 e. The predicted molar refractivity (Wildman–Crippen MR) is 59.5 cm³/mol. The maximum Gasteiger partial charge on any atom is 0.162 e. The SMILES string of the molecule is CC1=C(/C=C\C(O)I)NCCC1=O. The van der Waals surface area contributed by atoms with Gasteiger partial charge in [0.1, 0.15) is 4.11 Å². The van der Waals surface area contributed by atoms with Crippen molar-refractivity contribution in [3.05, 3.63) is 23.4 Å².